The van der Waals surface area contributed by atoms with Crippen molar-refractivity contribution in [1.29, 1.82) is 0 Å². The molecular weight excluding hydrogens is 300 g/mol. The maximum atomic E-state index is 11.8. The van der Waals surface area contributed by atoms with Gasteiger partial charge in [0.1, 0.15) is 5.69 Å². The molecule has 1 N–H and O–H groups in total. The Bertz CT molecular complexity index is 639. The maximum absolute atomic E-state index is 11.8. The second-order valence-corrected chi connectivity index (χ2v) is 4.82. The highest BCUT2D eigenvalue weighted by Gasteiger charge is 2.18. The molecule has 2 rings (SSSR count). The van der Waals surface area contributed by atoms with Gasteiger partial charge in [0.25, 0.3) is 5.56 Å². The number of aromatic nitrogens is 2. The van der Waals surface area contributed by atoms with Crippen molar-refractivity contribution in [3.8, 4) is 0 Å². The van der Waals surface area contributed by atoms with Crippen molar-refractivity contribution in [2.24, 2.45) is 0 Å². The molecule has 6 heteroatoms. The lowest BCUT2D eigenvalue weighted by Gasteiger charge is -2.07. The van der Waals surface area contributed by atoms with Crippen LogP contribution in [0.1, 0.15) is 16.9 Å². The van der Waals surface area contributed by atoms with Gasteiger partial charge in [0.2, 0.25) is 0 Å². The summed E-state index contributed by atoms with van der Waals surface area (Å²) in [6.07, 6.45) is 0.0604. The van der Waals surface area contributed by atoms with Crippen LogP contribution in [0.3, 0.4) is 0 Å². The molecule has 0 bridgehead atoms. The summed E-state index contributed by atoms with van der Waals surface area (Å²) in [5.74, 6) is -0.397. The number of hydrogen-bond acceptors (Lipinski definition) is 4. The van der Waals surface area contributed by atoms with Crippen LogP contribution in [0.25, 0.3) is 11.0 Å². The number of carbonyl (C=O) groups is 1. The Labute approximate surface area is 111 Å². The quantitative estimate of drug-likeness (QED) is 0.694. The van der Waals surface area contributed by atoms with E-state index in [0.29, 0.717) is 11.0 Å². The van der Waals surface area contributed by atoms with Gasteiger partial charge in [-0.1, -0.05) is 28.1 Å². The molecule has 1 aromatic heterocycles. The molecule has 0 aliphatic carbocycles. The van der Waals surface area contributed by atoms with E-state index in [1.165, 1.54) is 7.11 Å². The van der Waals surface area contributed by atoms with Crippen LogP contribution < -0.4 is 5.56 Å². The van der Waals surface area contributed by atoms with Crippen LogP contribution in [0.2, 0.25) is 0 Å². The largest absolute Gasteiger partial charge is 0.469 e. The highest BCUT2D eigenvalue weighted by atomic mass is 79.9. The van der Waals surface area contributed by atoms with E-state index in [1.54, 1.807) is 12.1 Å². The predicted octanol–water partition coefficient (Wildman–Crippen LogP) is 1.92. The van der Waals surface area contributed by atoms with E-state index in [2.05, 4.69) is 30.6 Å². The Balaban J connectivity index is 2.41. The van der Waals surface area contributed by atoms with E-state index >= 15 is 0 Å². The number of nitrogens with zero attached hydrogens (tertiary/aromatic N) is 1. The van der Waals surface area contributed by atoms with Crippen molar-refractivity contribution in [2.45, 2.75) is 11.2 Å². The van der Waals surface area contributed by atoms with Gasteiger partial charge in [-0.15, -0.1) is 0 Å². The van der Waals surface area contributed by atoms with E-state index in [1.807, 2.05) is 12.1 Å². The number of fused-ring (bicyclic) bond motifs is 1. The summed E-state index contributed by atoms with van der Waals surface area (Å²) in [7, 11) is 1.31. The number of halogens is 1. The number of ether oxygens (including phenoxy) is 1. The van der Waals surface area contributed by atoms with Crippen LogP contribution in [0.5, 0.6) is 0 Å². The van der Waals surface area contributed by atoms with Gasteiger partial charge in [0, 0.05) is 0 Å². The molecular formula is C12H11BrN2O3. The number of alkyl halides is 1. The van der Waals surface area contributed by atoms with Crippen LogP contribution in [0.4, 0.5) is 0 Å². The maximum Gasteiger partial charge on any atom is 0.307 e. The lowest BCUT2D eigenvalue weighted by molar-refractivity contribution is -0.140. The first-order valence-corrected chi connectivity index (χ1v) is 6.23. The van der Waals surface area contributed by atoms with Crippen molar-refractivity contribution in [1.82, 2.24) is 9.97 Å². The highest BCUT2D eigenvalue weighted by molar-refractivity contribution is 9.09. The third-order valence-corrected chi connectivity index (χ3v) is 3.25. The number of rotatable bonds is 3. The van der Waals surface area contributed by atoms with Gasteiger partial charge in [-0.05, 0) is 12.1 Å². The third-order valence-electron chi connectivity index (χ3n) is 2.50. The lowest BCUT2D eigenvalue weighted by atomic mass is 10.2. The first-order valence-electron chi connectivity index (χ1n) is 5.31. The standard InChI is InChI=1S/C12H11BrN2O3/c1-18-10(16)6-7(13)11-12(17)15-9-5-3-2-4-8(9)14-11/h2-5,7H,6H2,1H3,(H,15,17)/t7-/m1/s1. The second kappa shape index (κ2) is 5.30. The SMILES string of the molecule is COC(=O)C[C@@H](Br)c1nc2ccccc2[nH]c1=O. The summed E-state index contributed by atoms with van der Waals surface area (Å²) in [6.45, 7) is 0. The predicted molar refractivity (Wildman–Crippen MR) is 70.7 cm³/mol. The summed E-state index contributed by atoms with van der Waals surface area (Å²) < 4.78 is 4.56. The molecule has 0 radical (unpaired) electrons. The van der Waals surface area contributed by atoms with E-state index in [4.69, 9.17) is 0 Å². The average Bonchev–Trinajstić information content (AvgIpc) is 2.37. The number of carbonyl (C=O) groups excluding carboxylic acids is 1. The van der Waals surface area contributed by atoms with Gasteiger partial charge < -0.3 is 9.72 Å². The Morgan fingerprint density at radius 3 is 2.94 bits per heavy atom. The number of H-pyrrole nitrogens is 1. The minimum absolute atomic E-state index is 0.0604. The van der Waals surface area contributed by atoms with Crippen molar-refractivity contribution in [2.75, 3.05) is 7.11 Å². The Kier molecular flexibility index (Phi) is 3.76. The highest BCUT2D eigenvalue weighted by Crippen LogP contribution is 2.23. The zero-order valence-corrected chi connectivity index (χ0v) is 11.2. The normalized spacial score (nSPS) is 12.3. The summed E-state index contributed by atoms with van der Waals surface area (Å²) in [5, 5.41) is 0. The molecule has 5 nitrogen and oxygen atoms in total. The number of hydrogen-bond donors (Lipinski definition) is 1. The fourth-order valence-electron chi connectivity index (χ4n) is 1.58. The molecule has 0 aliphatic heterocycles. The van der Waals surface area contributed by atoms with Crippen LogP contribution in [-0.4, -0.2) is 23.0 Å². The van der Waals surface area contributed by atoms with Crippen molar-refractivity contribution in [3.05, 3.63) is 40.3 Å². The molecule has 0 spiro atoms. The molecule has 1 atom stereocenters. The fraction of sp³-hybridized carbons (Fsp3) is 0.250. The first-order chi connectivity index (χ1) is 8.61. The summed E-state index contributed by atoms with van der Waals surface area (Å²) in [4.78, 5) is 29.6. The Hall–Kier alpha value is -1.69. The second-order valence-electron chi connectivity index (χ2n) is 3.72. The van der Waals surface area contributed by atoms with Gasteiger partial charge in [-0.25, -0.2) is 4.98 Å². The number of benzene rings is 1. The summed E-state index contributed by atoms with van der Waals surface area (Å²) in [6, 6.07) is 7.23. The van der Waals surface area contributed by atoms with Crippen LogP contribution in [0, 0.1) is 0 Å². The number of aromatic amines is 1. The summed E-state index contributed by atoms with van der Waals surface area (Å²) >= 11 is 3.28. The van der Waals surface area contributed by atoms with E-state index in [-0.39, 0.29) is 17.7 Å². The Morgan fingerprint density at radius 1 is 1.50 bits per heavy atom. The molecule has 0 fully saturated rings. The molecule has 0 amide bonds. The smallest absolute Gasteiger partial charge is 0.307 e. The number of nitrogens with one attached hydrogen (secondary N) is 1. The van der Waals surface area contributed by atoms with Crippen molar-refractivity contribution in [3.63, 3.8) is 0 Å². The molecule has 0 saturated carbocycles. The fourth-order valence-corrected chi connectivity index (χ4v) is 2.16. The van der Waals surface area contributed by atoms with E-state index in [0.717, 1.165) is 0 Å². The first kappa shape index (κ1) is 12.8. The molecule has 1 aromatic carbocycles. The van der Waals surface area contributed by atoms with Crippen LogP contribution >= 0.6 is 15.9 Å². The van der Waals surface area contributed by atoms with Crippen LogP contribution in [-0.2, 0) is 9.53 Å². The molecule has 94 valence electrons. The molecule has 0 unspecified atom stereocenters. The minimum Gasteiger partial charge on any atom is -0.469 e. The molecule has 1 heterocycles. The molecule has 18 heavy (non-hydrogen) atoms. The van der Waals surface area contributed by atoms with E-state index in [9.17, 15) is 9.59 Å². The molecule has 0 aliphatic rings. The average molecular weight is 311 g/mol. The van der Waals surface area contributed by atoms with Gasteiger partial charge >= 0.3 is 5.97 Å². The topological polar surface area (TPSA) is 72.0 Å². The minimum atomic E-state index is -0.460. The number of methoxy groups -OCH3 is 1. The molecule has 2 aromatic rings. The number of para-hydroxylation sites is 2. The Morgan fingerprint density at radius 2 is 2.22 bits per heavy atom. The van der Waals surface area contributed by atoms with Gasteiger partial charge in [-0.2, -0.15) is 0 Å². The summed E-state index contributed by atoms with van der Waals surface area (Å²) in [5.41, 5.74) is 1.32. The zero-order chi connectivity index (χ0) is 13.1. The van der Waals surface area contributed by atoms with Crippen molar-refractivity contribution < 1.29 is 9.53 Å². The number of esters is 1. The van der Waals surface area contributed by atoms with Gasteiger partial charge in [-0.3, -0.25) is 9.59 Å². The monoisotopic (exact) mass is 310 g/mol. The van der Waals surface area contributed by atoms with Gasteiger partial charge in [0.05, 0.1) is 29.4 Å². The zero-order valence-electron chi connectivity index (χ0n) is 9.64. The molecule has 0 saturated heterocycles. The van der Waals surface area contributed by atoms with E-state index < -0.39 is 10.8 Å². The van der Waals surface area contributed by atoms with Crippen molar-refractivity contribution >= 4 is 32.9 Å². The van der Waals surface area contributed by atoms with Gasteiger partial charge in [0.15, 0.2) is 0 Å². The lowest BCUT2D eigenvalue weighted by Crippen LogP contribution is -2.18. The van der Waals surface area contributed by atoms with Crippen LogP contribution in [0.15, 0.2) is 29.1 Å². The third kappa shape index (κ3) is 2.59.